The number of β-amino-alcohol motifs (C(OH)–C–C–N with tert-alkyl or cyclic N) is 1. The van der Waals surface area contributed by atoms with Crippen molar-refractivity contribution in [3.8, 4) is 17.2 Å². The zero-order valence-electron chi connectivity index (χ0n) is 15.9. The van der Waals surface area contributed by atoms with Gasteiger partial charge >= 0.3 is 0 Å². The molecule has 0 spiro atoms. The van der Waals surface area contributed by atoms with E-state index >= 15 is 0 Å². The van der Waals surface area contributed by atoms with Gasteiger partial charge in [0, 0.05) is 49.0 Å². The molecule has 1 aliphatic rings. The van der Waals surface area contributed by atoms with Gasteiger partial charge in [-0.2, -0.15) is 0 Å². The summed E-state index contributed by atoms with van der Waals surface area (Å²) in [6.45, 7) is 4.38. The van der Waals surface area contributed by atoms with Crippen LogP contribution in [0.2, 0.25) is 5.02 Å². The molecule has 1 saturated heterocycles. The van der Waals surface area contributed by atoms with Crippen LogP contribution < -0.4 is 9.64 Å². The highest BCUT2D eigenvalue weighted by molar-refractivity contribution is 6.30. The first kappa shape index (κ1) is 19.7. The van der Waals surface area contributed by atoms with Gasteiger partial charge in [0.25, 0.3) is 0 Å². The molecule has 2 heterocycles. The molecule has 1 atom stereocenters. The van der Waals surface area contributed by atoms with Crippen LogP contribution in [-0.2, 0) is 0 Å². The quantitative estimate of drug-likeness (QED) is 0.637. The summed E-state index contributed by atoms with van der Waals surface area (Å²) in [5.74, 6) is 1.10. The van der Waals surface area contributed by atoms with Crippen molar-refractivity contribution in [1.29, 1.82) is 0 Å². The van der Waals surface area contributed by atoms with E-state index in [2.05, 4.69) is 26.1 Å². The lowest BCUT2D eigenvalue weighted by molar-refractivity contribution is 0.0663. The average molecular weight is 415 g/mol. The Morgan fingerprint density at radius 1 is 1.10 bits per heavy atom. The normalized spacial score (nSPS) is 16.0. The summed E-state index contributed by atoms with van der Waals surface area (Å²) in [7, 11) is 0. The van der Waals surface area contributed by atoms with Crippen molar-refractivity contribution >= 4 is 17.3 Å². The molecule has 1 aromatic heterocycles. The molecule has 8 heteroatoms. The smallest absolute Gasteiger partial charge is 0.247 e. The summed E-state index contributed by atoms with van der Waals surface area (Å²) in [6.07, 6.45) is 0.721. The zero-order valence-corrected chi connectivity index (χ0v) is 16.7. The van der Waals surface area contributed by atoms with Crippen molar-refractivity contribution in [3.05, 3.63) is 59.9 Å². The van der Waals surface area contributed by atoms with E-state index < -0.39 is 6.10 Å². The van der Waals surface area contributed by atoms with E-state index in [4.69, 9.17) is 20.8 Å². The molecule has 0 bridgehead atoms. The third kappa shape index (κ3) is 5.26. The maximum atomic E-state index is 10.4. The predicted molar refractivity (Wildman–Crippen MR) is 111 cm³/mol. The molecule has 2 aromatic carbocycles. The molecule has 0 radical (unpaired) electrons. The minimum Gasteiger partial charge on any atom is -0.491 e. The molecule has 0 saturated carbocycles. The number of ether oxygens (including phenoxy) is 1. The van der Waals surface area contributed by atoms with Crippen LogP contribution >= 0.6 is 11.6 Å². The minimum atomic E-state index is -0.570. The Bertz CT molecular complexity index is 914. The minimum absolute atomic E-state index is 0.224. The summed E-state index contributed by atoms with van der Waals surface area (Å²) in [5.41, 5.74) is 1.92. The third-order valence-electron chi connectivity index (χ3n) is 4.90. The number of aliphatic hydroxyl groups is 1. The van der Waals surface area contributed by atoms with Gasteiger partial charge in [-0.05, 0) is 36.4 Å². The first-order chi connectivity index (χ1) is 14.2. The molecule has 1 N–H and O–H groups in total. The van der Waals surface area contributed by atoms with Crippen molar-refractivity contribution in [2.45, 2.75) is 6.10 Å². The van der Waals surface area contributed by atoms with Crippen molar-refractivity contribution < 1.29 is 14.3 Å². The largest absolute Gasteiger partial charge is 0.491 e. The SMILES string of the molecule is OC(COc1cccc(-c2nnco2)c1)CN1CCN(c2cccc(Cl)c2)CC1. The van der Waals surface area contributed by atoms with Crippen LogP contribution in [0.1, 0.15) is 0 Å². The molecule has 3 aromatic rings. The average Bonchev–Trinajstić information content (AvgIpc) is 3.28. The number of aliphatic hydroxyl groups excluding tert-OH is 1. The fourth-order valence-electron chi connectivity index (χ4n) is 3.42. The number of hydrogen-bond acceptors (Lipinski definition) is 7. The molecular formula is C21H23ClN4O3. The van der Waals surface area contributed by atoms with Crippen LogP contribution in [-0.4, -0.2) is 65.6 Å². The standard InChI is InChI=1S/C21H23ClN4O3/c22-17-4-2-5-18(12-17)26-9-7-25(8-10-26)13-19(27)14-28-20-6-1-3-16(11-20)21-24-23-15-29-21/h1-6,11-12,15,19,27H,7-10,13-14H2. The number of benzene rings is 2. The lowest BCUT2D eigenvalue weighted by atomic mass is 10.2. The Labute approximate surface area is 174 Å². The predicted octanol–water partition coefficient (Wildman–Crippen LogP) is 2.95. The van der Waals surface area contributed by atoms with Crippen LogP contribution in [0, 0.1) is 0 Å². The molecule has 29 heavy (non-hydrogen) atoms. The molecule has 1 fully saturated rings. The highest BCUT2D eigenvalue weighted by atomic mass is 35.5. The molecule has 0 aliphatic carbocycles. The fraction of sp³-hybridized carbons (Fsp3) is 0.333. The van der Waals surface area contributed by atoms with E-state index in [1.165, 1.54) is 6.39 Å². The third-order valence-corrected chi connectivity index (χ3v) is 5.13. The van der Waals surface area contributed by atoms with Gasteiger partial charge in [0.1, 0.15) is 18.5 Å². The van der Waals surface area contributed by atoms with Gasteiger partial charge in [-0.25, -0.2) is 0 Å². The van der Waals surface area contributed by atoms with E-state index in [1.54, 1.807) is 0 Å². The maximum absolute atomic E-state index is 10.4. The highest BCUT2D eigenvalue weighted by Gasteiger charge is 2.20. The maximum Gasteiger partial charge on any atom is 0.247 e. The molecule has 1 unspecified atom stereocenters. The second-order valence-corrected chi connectivity index (χ2v) is 7.44. The van der Waals surface area contributed by atoms with E-state index in [-0.39, 0.29) is 6.61 Å². The van der Waals surface area contributed by atoms with Gasteiger partial charge in [-0.3, -0.25) is 4.90 Å². The Morgan fingerprint density at radius 3 is 2.69 bits per heavy atom. The number of piperazine rings is 1. The van der Waals surface area contributed by atoms with Gasteiger partial charge in [-0.1, -0.05) is 23.7 Å². The van der Waals surface area contributed by atoms with Crippen LogP contribution in [0.4, 0.5) is 5.69 Å². The Balaban J connectivity index is 1.24. The topological polar surface area (TPSA) is 74.9 Å². The molecule has 4 rings (SSSR count). The van der Waals surface area contributed by atoms with E-state index in [1.807, 2.05) is 42.5 Å². The van der Waals surface area contributed by atoms with Crippen LogP contribution in [0.15, 0.2) is 59.3 Å². The number of rotatable bonds is 7. The van der Waals surface area contributed by atoms with Gasteiger partial charge in [0.2, 0.25) is 12.3 Å². The van der Waals surface area contributed by atoms with Gasteiger partial charge in [-0.15, -0.1) is 10.2 Å². The van der Waals surface area contributed by atoms with Gasteiger partial charge in [0.05, 0.1) is 0 Å². The zero-order chi connectivity index (χ0) is 20.1. The van der Waals surface area contributed by atoms with Crippen LogP contribution in [0.5, 0.6) is 5.75 Å². The van der Waals surface area contributed by atoms with Crippen molar-refractivity contribution in [3.63, 3.8) is 0 Å². The summed E-state index contributed by atoms with van der Waals surface area (Å²) >= 11 is 6.09. The number of halogens is 1. The molecular weight excluding hydrogens is 392 g/mol. The van der Waals surface area contributed by atoms with E-state index in [9.17, 15) is 5.11 Å². The number of hydrogen-bond donors (Lipinski definition) is 1. The lowest BCUT2D eigenvalue weighted by Gasteiger charge is -2.36. The van der Waals surface area contributed by atoms with Gasteiger partial charge in [0.15, 0.2) is 0 Å². The van der Waals surface area contributed by atoms with Crippen LogP contribution in [0.3, 0.4) is 0 Å². The molecule has 152 valence electrons. The van der Waals surface area contributed by atoms with Gasteiger partial charge < -0.3 is 19.2 Å². The molecule has 0 amide bonds. The number of aromatic nitrogens is 2. The monoisotopic (exact) mass is 414 g/mol. The first-order valence-corrected chi connectivity index (χ1v) is 9.95. The van der Waals surface area contributed by atoms with Crippen LogP contribution in [0.25, 0.3) is 11.5 Å². The van der Waals surface area contributed by atoms with Crippen molar-refractivity contribution in [2.24, 2.45) is 0 Å². The Hall–Kier alpha value is -2.61. The molecule has 7 nitrogen and oxygen atoms in total. The molecule has 1 aliphatic heterocycles. The van der Waals surface area contributed by atoms with E-state index in [0.29, 0.717) is 18.2 Å². The van der Waals surface area contributed by atoms with Crippen molar-refractivity contribution in [1.82, 2.24) is 15.1 Å². The first-order valence-electron chi connectivity index (χ1n) is 9.58. The number of anilines is 1. The Kier molecular flexibility index (Phi) is 6.29. The number of nitrogens with zero attached hydrogens (tertiary/aromatic N) is 4. The van der Waals surface area contributed by atoms with Crippen molar-refractivity contribution in [2.75, 3.05) is 44.2 Å². The van der Waals surface area contributed by atoms with E-state index in [0.717, 1.165) is 42.5 Å². The Morgan fingerprint density at radius 2 is 1.93 bits per heavy atom. The summed E-state index contributed by atoms with van der Waals surface area (Å²) in [6, 6.07) is 15.3. The summed E-state index contributed by atoms with van der Waals surface area (Å²) in [5, 5.41) is 18.7. The second-order valence-electron chi connectivity index (χ2n) is 7.00. The highest BCUT2D eigenvalue weighted by Crippen LogP contribution is 2.22. The summed E-state index contributed by atoms with van der Waals surface area (Å²) < 4.78 is 11.0. The second kappa shape index (κ2) is 9.26. The fourth-order valence-corrected chi connectivity index (χ4v) is 3.61. The summed E-state index contributed by atoms with van der Waals surface area (Å²) in [4.78, 5) is 4.57. The lowest BCUT2D eigenvalue weighted by Crippen LogP contribution is -2.49.